The maximum absolute atomic E-state index is 11.8. The Labute approximate surface area is 196 Å². The highest BCUT2D eigenvalue weighted by Crippen LogP contribution is 2.35. The molecule has 0 saturated heterocycles. The Hall–Kier alpha value is -4.44. The van der Waals surface area contributed by atoms with E-state index in [9.17, 15) is 19.8 Å². The fraction of sp³-hybridized carbons (Fsp3) is 0.0667. The van der Waals surface area contributed by atoms with Gasteiger partial charge < -0.3 is 10.2 Å². The molecule has 0 unspecified atom stereocenters. The second-order valence-electron chi connectivity index (χ2n) is 8.43. The topological polar surface area (TPSA) is 74.6 Å². The molecule has 0 aliphatic rings. The van der Waals surface area contributed by atoms with Crippen molar-refractivity contribution in [2.45, 2.75) is 12.8 Å². The van der Waals surface area contributed by atoms with Crippen molar-refractivity contribution in [3.63, 3.8) is 0 Å². The van der Waals surface area contributed by atoms with Gasteiger partial charge in [-0.15, -0.1) is 0 Å². The van der Waals surface area contributed by atoms with Gasteiger partial charge in [-0.25, -0.2) is 0 Å². The van der Waals surface area contributed by atoms with Gasteiger partial charge in [0, 0.05) is 0 Å². The largest absolute Gasteiger partial charge is 0.481 e. The second kappa shape index (κ2) is 8.83. The van der Waals surface area contributed by atoms with Crippen LogP contribution in [0.2, 0.25) is 0 Å². The maximum atomic E-state index is 11.8. The summed E-state index contributed by atoms with van der Waals surface area (Å²) in [6.07, 6.45) is -0.313. The highest BCUT2D eigenvalue weighted by Gasteiger charge is 2.17. The summed E-state index contributed by atoms with van der Waals surface area (Å²) in [5.74, 6) is -1.87. The molecule has 0 bridgehead atoms. The number of hydrogen-bond donors (Lipinski definition) is 2. The first kappa shape index (κ1) is 21.4. The van der Waals surface area contributed by atoms with Gasteiger partial charge in [0.05, 0.1) is 12.8 Å². The lowest BCUT2D eigenvalue weighted by molar-refractivity contribution is -0.137. The third-order valence-electron chi connectivity index (χ3n) is 6.13. The molecule has 5 aromatic carbocycles. The summed E-state index contributed by atoms with van der Waals surface area (Å²) in [5, 5.41) is 23.5. The minimum absolute atomic E-state index is 0.157. The standard InChI is InChI=1S/C30H22O4/c31-29(32)17-25-16-28(24-12-10-20-6-2-4-8-22(20)14-24)26(18-30(33)34)15-27(25)23-11-9-19-5-1-3-7-21(19)13-23/h1-16H,17-18H2,(H,31,32)(H,33,34). The summed E-state index contributed by atoms with van der Waals surface area (Å²) < 4.78 is 0. The summed E-state index contributed by atoms with van der Waals surface area (Å²) in [6.45, 7) is 0. The monoisotopic (exact) mass is 446 g/mol. The summed E-state index contributed by atoms with van der Waals surface area (Å²) in [4.78, 5) is 23.5. The smallest absolute Gasteiger partial charge is 0.307 e. The first-order valence-electron chi connectivity index (χ1n) is 11.1. The number of carboxylic acid groups (broad SMARTS) is 2. The Morgan fingerprint density at radius 1 is 0.500 bits per heavy atom. The van der Waals surface area contributed by atoms with Crippen LogP contribution in [0, 0.1) is 0 Å². The van der Waals surface area contributed by atoms with Crippen LogP contribution in [-0.4, -0.2) is 22.2 Å². The van der Waals surface area contributed by atoms with Crippen LogP contribution in [0.3, 0.4) is 0 Å². The summed E-state index contributed by atoms with van der Waals surface area (Å²) in [6, 6.07) is 31.6. The number of rotatable bonds is 6. The van der Waals surface area contributed by atoms with Crippen LogP contribution < -0.4 is 0 Å². The highest BCUT2D eigenvalue weighted by atomic mass is 16.4. The third-order valence-corrected chi connectivity index (χ3v) is 6.13. The zero-order valence-corrected chi connectivity index (χ0v) is 18.4. The van der Waals surface area contributed by atoms with Crippen molar-refractivity contribution in [3.05, 3.63) is 108 Å². The Morgan fingerprint density at radius 3 is 1.26 bits per heavy atom. The SMILES string of the molecule is O=C(O)Cc1cc(-c2ccc3ccccc3c2)c(CC(=O)O)cc1-c1ccc2ccccc2c1. The summed E-state index contributed by atoms with van der Waals surface area (Å²) in [7, 11) is 0. The first-order chi connectivity index (χ1) is 16.5. The summed E-state index contributed by atoms with van der Waals surface area (Å²) >= 11 is 0. The van der Waals surface area contributed by atoms with Crippen LogP contribution in [0.1, 0.15) is 11.1 Å². The van der Waals surface area contributed by atoms with Gasteiger partial charge in [-0.2, -0.15) is 0 Å². The Kier molecular flexibility index (Phi) is 5.56. The van der Waals surface area contributed by atoms with E-state index in [0.717, 1.165) is 43.8 Å². The van der Waals surface area contributed by atoms with E-state index in [1.54, 1.807) is 0 Å². The van der Waals surface area contributed by atoms with E-state index in [4.69, 9.17) is 0 Å². The van der Waals surface area contributed by atoms with Crippen molar-refractivity contribution in [2.75, 3.05) is 0 Å². The van der Waals surface area contributed by atoms with Gasteiger partial charge in [-0.1, -0.05) is 72.8 Å². The zero-order chi connectivity index (χ0) is 23.7. The molecule has 0 saturated carbocycles. The molecule has 0 aliphatic heterocycles. The molecule has 2 N–H and O–H groups in total. The minimum Gasteiger partial charge on any atom is -0.481 e. The van der Waals surface area contributed by atoms with Crippen LogP contribution in [0.15, 0.2) is 97.1 Å². The molecule has 0 atom stereocenters. The summed E-state index contributed by atoms with van der Waals surface area (Å²) in [5.41, 5.74) is 4.53. The van der Waals surface area contributed by atoms with Gasteiger partial charge in [-0.3, -0.25) is 9.59 Å². The number of carbonyl (C=O) groups is 2. The third kappa shape index (κ3) is 4.26. The van der Waals surface area contributed by atoms with Crippen molar-refractivity contribution in [2.24, 2.45) is 0 Å². The van der Waals surface area contributed by atoms with E-state index in [1.807, 2.05) is 97.1 Å². The van der Waals surface area contributed by atoms with Gasteiger partial charge in [0.1, 0.15) is 0 Å². The van der Waals surface area contributed by atoms with Crippen molar-refractivity contribution in [1.82, 2.24) is 0 Å². The van der Waals surface area contributed by atoms with Crippen molar-refractivity contribution < 1.29 is 19.8 Å². The van der Waals surface area contributed by atoms with E-state index in [-0.39, 0.29) is 12.8 Å². The molecular weight excluding hydrogens is 424 g/mol. The van der Waals surface area contributed by atoms with Crippen molar-refractivity contribution in [3.8, 4) is 22.3 Å². The van der Waals surface area contributed by atoms with E-state index < -0.39 is 11.9 Å². The highest BCUT2D eigenvalue weighted by molar-refractivity contribution is 5.92. The van der Waals surface area contributed by atoms with E-state index in [2.05, 4.69) is 0 Å². The van der Waals surface area contributed by atoms with Crippen LogP contribution in [0.4, 0.5) is 0 Å². The average molecular weight is 447 g/mol. The van der Waals surface area contributed by atoms with Gasteiger partial charge in [0.25, 0.3) is 0 Å². The molecule has 0 aliphatic carbocycles. The Balaban J connectivity index is 1.74. The first-order valence-corrected chi connectivity index (χ1v) is 11.1. The predicted molar refractivity (Wildman–Crippen MR) is 135 cm³/mol. The van der Waals surface area contributed by atoms with Gasteiger partial charge in [0.15, 0.2) is 0 Å². The molecule has 0 spiro atoms. The number of fused-ring (bicyclic) bond motifs is 2. The average Bonchev–Trinajstić information content (AvgIpc) is 2.83. The predicted octanol–water partition coefficient (Wildman–Crippen LogP) is 6.58. The van der Waals surface area contributed by atoms with Gasteiger partial charge in [0.2, 0.25) is 0 Å². The molecule has 34 heavy (non-hydrogen) atoms. The van der Waals surface area contributed by atoms with Crippen molar-refractivity contribution in [1.29, 1.82) is 0 Å². The molecule has 5 rings (SSSR count). The van der Waals surface area contributed by atoms with Crippen molar-refractivity contribution >= 4 is 33.5 Å². The Morgan fingerprint density at radius 2 is 0.882 bits per heavy atom. The normalized spacial score (nSPS) is 11.1. The molecule has 5 aromatic rings. The van der Waals surface area contributed by atoms with Gasteiger partial charge >= 0.3 is 11.9 Å². The second-order valence-corrected chi connectivity index (χ2v) is 8.43. The number of carboxylic acids is 2. The molecular formula is C30H22O4. The maximum Gasteiger partial charge on any atom is 0.307 e. The molecule has 0 fully saturated rings. The molecule has 4 nitrogen and oxygen atoms in total. The van der Waals surface area contributed by atoms with Crippen LogP contribution in [0.5, 0.6) is 0 Å². The lowest BCUT2D eigenvalue weighted by atomic mass is 9.87. The fourth-order valence-electron chi connectivity index (χ4n) is 4.56. The lowest BCUT2D eigenvalue weighted by Gasteiger charge is -2.17. The Bertz CT molecular complexity index is 1450. The molecule has 0 amide bonds. The molecule has 0 aromatic heterocycles. The van der Waals surface area contributed by atoms with Crippen LogP contribution in [-0.2, 0) is 22.4 Å². The number of aliphatic carboxylic acids is 2. The van der Waals surface area contributed by atoms with Crippen LogP contribution >= 0.6 is 0 Å². The number of hydrogen-bond acceptors (Lipinski definition) is 2. The molecule has 0 heterocycles. The zero-order valence-electron chi connectivity index (χ0n) is 18.4. The van der Waals surface area contributed by atoms with E-state index in [1.165, 1.54) is 0 Å². The minimum atomic E-state index is -0.933. The van der Waals surface area contributed by atoms with E-state index >= 15 is 0 Å². The number of benzene rings is 5. The van der Waals surface area contributed by atoms with E-state index in [0.29, 0.717) is 11.1 Å². The molecule has 4 heteroatoms. The lowest BCUT2D eigenvalue weighted by Crippen LogP contribution is -2.07. The fourth-order valence-corrected chi connectivity index (χ4v) is 4.56. The quantitative estimate of drug-likeness (QED) is 0.309. The van der Waals surface area contributed by atoms with Gasteiger partial charge in [-0.05, 0) is 79.2 Å². The molecule has 0 radical (unpaired) electrons. The van der Waals surface area contributed by atoms with Crippen LogP contribution in [0.25, 0.3) is 43.8 Å². The molecule has 166 valence electrons.